The number of carbonyl (C=O) groups is 1. The Morgan fingerprint density at radius 2 is 2.09 bits per heavy atom. The molecule has 0 spiro atoms. The van der Waals surface area contributed by atoms with E-state index in [-0.39, 0.29) is 5.91 Å². The third kappa shape index (κ3) is 5.02. The average Bonchev–Trinajstić information content (AvgIpc) is 2.91. The Morgan fingerprint density at radius 1 is 1.32 bits per heavy atom. The summed E-state index contributed by atoms with van der Waals surface area (Å²) in [6, 6.07) is 11.3. The first-order chi connectivity index (χ1) is 10.6. The first-order valence-corrected chi connectivity index (χ1v) is 8.13. The summed E-state index contributed by atoms with van der Waals surface area (Å²) in [7, 11) is 3.58. The molecule has 1 aromatic carbocycles. The van der Waals surface area contributed by atoms with Crippen LogP contribution >= 0.6 is 22.9 Å². The van der Waals surface area contributed by atoms with Gasteiger partial charge in [0.1, 0.15) is 5.75 Å². The number of methoxy groups -OCH3 is 1. The van der Waals surface area contributed by atoms with E-state index in [0.717, 1.165) is 10.9 Å². The van der Waals surface area contributed by atoms with Gasteiger partial charge in [-0.15, -0.1) is 11.3 Å². The van der Waals surface area contributed by atoms with Gasteiger partial charge in [-0.3, -0.25) is 4.79 Å². The molecule has 2 rings (SSSR count). The van der Waals surface area contributed by atoms with Crippen LogP contribution in [0.1, 0.15) is 11.3 Å². The second kappa shape index (κ2) is 8.17. The van der Waals surface area contributed by atoms with Crippen molar-refractivity contribution in [3.05, 3.63) is 45.6 Å². The number of hydrogen-bond donors (Lipinski definition) is 1. The van der Waals surface area contributed by atoms with Crippen molar-refractivity contribution in [2.24, 2.45) is 0 Å². The Kier molecular flexibility index (Phi) is 6.24. The molecule has 6 heteroatoms. The third-order valence-electron chi connectivity index (χ3n) is 3.16. The molecule has 4 nitrogen and oxygen atoms in total. The minimum Gasteiger partial charge on any atom is -0.495 e. The van der Waals surface area contributed by atoms with Gasteiger partial charge in [0.15, 0.2) is 0 Å². The number of nitrogens with zero attached hydrogens (tertiary/aromatic N) is 1. The lowest BCUT2D eigenvalue weighted by Crippen LogP contribution is -2.23. The number of nitrogens with one attached hydrogen (secondary N) is 1. The molecule has 0 bridgehead atoms. The summed E-state index contributed by atoms with van der Waals surface area (Å²) in [6.45, 7) is 1.47. The molecular weight excluding hydrogens is 320 g/mol. The molecule has 1 amide bonds. The van der Waals surface area contributed by atoms with Crippen molar-refractivity contribution in [2.45, 2.75) is 13.0 Å². The fraction of sp³-hybridized carbons (Fsp3) is 0.312. The number of para-hydroxylation sites is 2. The summed E-state index contributed by atoms with van der Waals surface area (Å²) in [4.78, 5) is 15.3. The highest BCUT2D eigenvalue weighted by atomic mass is 35.5. The van der Waals surface area contributed by atoms with E-state index < -0.39 is 0 Å². The van der Waals surface area contributed by atoms with E-state index in [1.54, 1.807) is 18.4 Å². The lowest BCUT2D eigenvalue weighted by atomic mass is 10.2. The summed E-state index contributed by atoms with van der Waals surface area (Å²) >= 11 is 7.48. The van der Waals surface area contributed by atoms with Crippen molar-refractivity contribution in [3.63, 3.8) is 0 Å². The van der Waals surface area contributed by atoms with Crippen LogP contribution in [0.4, 0.5) is 5.69 Å². The second-order valence-corrected chi connectivity index (χ2v) is 6.74. The summed E-state index contributed by atoms with van der Waals surface area (Å²) in [5.74, 6) is 0.637. The lowest BCUT2D eigenvalue weighted by molar-refractivity contribution is -0.116. The Labute approximate surface area is 139 Å². The Bertz CT molecular complexity index is 630. The maximum atomic E-state index is 12.0. The van der Waals surface area contributed by atoms with Gasteiger partial charge >= 0.3 is 0 Å². The van der Waals surface area contributed by atoms with Gasteiger partial charge in [-0.25, -0.2) is 0 Å². The predicted octanol–water partition coefficient (Wildman–Crippen LogP) is 3.87. The molecule has 0 saturated heterocycles. The molecule has 0 aliphatic heterocycles. The van der Waals surface area contributed by atoms with Crippen molar-refractivity contribution in [1.82, 2.24) is 4.90 Å². The summed E-state index contributed by atoms with van der Waals surface area (Å²) in [5.41, 5.74) is 0.697. The maximum absolute atomic E-state index is 12.0. The molecule has 1 heterocycles. The molecule has 1 aromatic heterocycles. The van der Waals surface area contributed by atoms with Crippen LogP contribution in [0.2, 0.25) is 4.34 Å². The fourth-order valence-electron chi connectivity index (χ4n) is 2.03. The summed E-state index contributed by atoms with van der Waals surface area (Å²) in [6.07, 6.45) is 0.424. The molecule has 118 valence electrons. The Morgan fingerprint density at radius 3 is 2.77 bits per heavy atom. The van der Waals surface area contributed by atoms with E-state index >= 15 is 0 Å². The normalized spacial score (nSPS) is 10.7. The first-order valence-electron chi connectivity index (χ1n) is 6.94. The van der Waals surface area contributed by atoms with E-state index in [4.69, 9.17) is 16.3 Å². The maximum Gasteiger partial charge on any atom is 0.225 e. The quantitative estimate of drug-likeness (QED) is 0.833. The van der Waals surface area contributed by atoms with Crippen LogP contribution in [0.5, 0.6) is 5.75 Å². The minimum absolute atomic E-state index is 0.0273. The molecule has 0 fully saturated rings. The highest BCUT2D eigenvalue weighted by Gasteiger charge is 2.09. The van der Waals surface area contributed by atoms with Crippen LogP contribution in [0, 0.1) is 0 Å². The smallest absolute Gasteiger partial charge is 0.225 e. The fourth-order valence-corrected chi connectivity index (χ4v) is 3.20. The van der Waals surface area contributed by atoms with Gasteiger partial charge < -0.3 is 15.0 Å². The van der Waals surface area contributed by atoms with Gasteiger partial charge in [0.25, 0.3) is 0 Å². The van der Waals surface area contributed by atoms with Crippen LogP contribution in [0.25, 0.3) is 0 Å². The highest BCUT2D eigenvalue weighted by molar-refractivity contribution is 7.16. The lowest BCUT2D eigenvalue weighted by Gasteiger charge is -2.15. The number of rotatable bonds is 7. The number of hydrogen-bond acceptors (Lipinski definition) is 4. The molecule has 2 aromatic rings. The van der Waals surface area contributed by atoms with Crippen LogP contribution in [0.15, 0.2) is 36.4 Å². The number of ether oxygens (including phenoxy) is 1. The number of halogens is 1. The highest BCUT2D eigenvalue weighted by Crippen LogP contribution is 2.24. The molecule has 0 saturated carbocycles. The Balaban J connectivity index is 1.79. The number of thiophene rings is 1. The molecular formula is C16H19ClN2O2S. The van der Waals surface area contributed by atoms with E-state index in [1.165, 1.54) is 4.88 Å². The minimum atomic E-state index is -0.0273. The summed E-state index contributed by atoms with van der Waals surface area (Å²) in [5, 5.41) is 2.88. The average molecular weight is 339 g/mol. The number of anilines is 1. The van der Waals surface area contributed by atoms with Crippen LogP contribution < -0.4 is 10.1 Å². The molecule has 0 unspecified atom stereocenters. The molecule has 0 radical (unpaired) electrons. The van der Waals surface area contributed by atoms with Crippen LogP contribution in [-0.4, -0.2) is 31.5 Å². The van der Waals surface area contributed by atoms with Gasteiger partial charge in [-0.1, -0.05) is 23.7 Å². The van der Waals surface area contributed by atoms with E-state index in [2.05, 4.69) is 10.2 Å². The van der Waals surface area contributed by atoms with Crippen LogP contribution in [-0.2, 0) is 11.3 Å². The first kappa shape index (κ1) is 16.8. The van der Waals surface area contributed by atoms with Gasteiger partial charge in [-0.05, 0) is 31.3 Å². The largest absolute Gasteiger partial charge is 0.495 e. The van der Waals surface area contributed by atoms with E-state index in [0.29, 0.717) is 24.4 Å². The van der Waals surface area contributed by atoms with Gasteiger partial charge in [-0.2, -0.15) is 0 Å². The van der Waals surface area contributed by atoms with Crippen molar-refractivity contribution < 1.29 is 9.53 Å². The molecule has 0 atom stereocenters. The Hall–Kier alpha value is -1.56. The molecule has 1 N–H and O–H groups in total. The van der Waals surface area contributed by atoms with Crippen molar-refractivity contribution >= 4 is 34.5 Å². The standard InChI is InChI=1S/C16H19ClN2O2S/c1-19(11-12-7-8-15(17)22-12)10-9-16(20)18-13-5-3-4-6-14(13)21-2/h3-8H,9-11H2,1-2H3,(H,18,20). The van der Waals surface area contributed by atoms with Gasteiger partial charge in [0.05, 0.1) is 17.1 Å². The van der Waals surface area contributed by atoms with Crippen molar-refractivity contribution in [2.75, 3.05) is 26.0 Å². The SMILES string of the molecule is COc1ccccc1NC(=O)CCN(C)Cc1ccc(Cl)s1. The zero-order valence-electron chi connectivity index (χ0n) is 12.6. The number of benzene rings is 1. The van der Waals surface area contributed by atoms with Gasteiger partial charge in [0, 0.05) is 24.4 Å². The second-order valence-electron chi connectivity index (χ2n) is 4.94. The molecule has 22 heavy (non-hydrogen) atoms. The predicted molar refractivity (Wildman–Crippen MR) is 91.9 cm³/mol. The van der Waals surface area contributed by atoms with Crippen molar-refractivity contribution in [1.29, 1.82) is 0 Å². The number of carbonyl (C=O) groups excluding carboxylic acids is 1. The summed E-state index contributed by atoms with van der Waals surface area (Å²) < 4.78 is 6.01. The molecule has 0 aliphatic carbocycles. The van der Waals surface area contributed by atoms with Gasteiger partial charge in [0.2, 0.25) is 5.91 Å². The zero-order chi connectivity index (χ0) is 15.9. The van der Waals surface area contributed by atoms with Crippen molar-refractivity contribution in [3.8, 4) is 5.75 Å². The van der Waals surface area contributed by atoms with E-state index in [1.807, 2.05) is 43.4 Å². The van der Waals surface area contributed by atoms with E-state index in [9.17, 15) is 4.79 Å². The monoisotopic (exact) mass is 338 g/mol. The molecule has 0 aliphatic rings. The number of amides is 1. The topological polar surface area (TPSA) is 41.6 Å². The van der Waals surface area contributed by atoms with Crippen LogP contribution in [0.3, 0.4) is 0 Å². The zero-order valence-corrected chi connectivity index (χ0v) is 14.2. The third-order valence-corrected chi connectivity index (χ3v) is 4.37.